The van der Waals surface area contributed by atoms with Crippen LogP contribution in [0.5, 0.6) is 0 Å². The number of rotatable bonds is 4. The Bertz CT molecular complexity index is 85.1. The van der Waals surface area contributed by atoms with Crippen molar-refractivity contribution in [2.45, 2.75) is 13.3 Å². The second-order valence-electron chi connectivity index (χ2n) is 1.69. The molecule has 0 atom stereocenters. The van der Waals surface area contributed by atoms with E-state index >= 15 is 0 Å². The molecule has 2 nitrogen and oxygen atoms in total. The summed E-state index contributed by atoms with van der Waals surface area (Å²) in [7, 11) is 0. The van der Waals surface area contributed by atoms with E-state index in [9.17, 15) is 4.79 Å². The minimum absolute atomic E-state index is 0.0103. The molecule has 0 saturated carbocycles. The summed E-state index contributed by atoms with van der Waals surface area (Å²) in [5.41, 5.74) is 0. The van der Waals surface area contributed by atoms with Gasteiger partial charge in [-0.3, -0.25) is 4.79 Å². The number of carbonyl (C=O) groups is 1. The summed E-state index contributed by atoms with van der Waals surface area (Å²) in [6, 6.07) is 0. The highest BCUT2D eigenvalue weighted by molar-refractivity contribution is 7.98. The van der Waals surface area contributed by atoms with Gasteiger partial charge in [-0.25, -0.2) is 0 Å². The highest BCUT2D eigenvalue weighted by Crippen LogP contribution is 1.95. The third kappa shape index (κ3) is 7.82. The van der Waals surface area contributed by atoms with Gasteiger partial charge in [-0.2, -0.15) is 11.8 Å². The van der Waals surface area contributed by atoms with E-state index in [1.54, 1.807) is 18.3 Å². The predicted octanol–water partition coefficient (Wildman–Crippen LogP) is 1.04. The lowest BCUT2D eigenvalue weighted by atomic mass is 10.5. The normalized spacial score (nSPS) is 9.11. The molecule has 1 N–H and O–H groups in total. The first-order valence-corrected chi connectivity index (χ1v) is 4.24. The van der Waals surface area contributed by atoms with Crippen molar-refractivity contribution in [1.82, 2.24) is 5.32 Å². The fraction of sp³-hybridized carbons (Fsp3) is 0.667. The second-order valence-corrected chi connectivity index (χ2v) is 2.67. The van der Waals surface area contributed by atoms with E-state index < -0.39 is 0 Å². The van der Waals surface area contributed by atoms with Gasteiger partial charge in [-0.1, -0.05) is 0 Å². The molecule has 0 aromatic rings. The average Bonchev–Trinajstić information content (AvgIpc) is 1.80. The van der Waals surface area contributed by atoms with E-state index in [2.05, 4.69) is 5.32 Å². The van der Waals surface area contributed by atoms with Crippen LogP contribution in [0.1, 0.15) is 13.3 Å². The van der Waals surface area contributed by atoms with E-state index in [0.29, 0.717) is 0 Å². The van der Waals surface area contributed by atoms with Gasteiger partial charge < -0.3 is 5.32 Å². The standard InChI is InChI=1S/C6H12NOS/c1-6(8)7-4-3-5-9-2/h4H,3,5H2,1-2H3,(H,7,8). The monoisotopic (exact) mass is 146 g/mol. The van der Waals surface area contributed by atoms with Gasteiger partial charge in [0.1, 0.15) is 0 Å². The first-order chi connectivity index (χ1) is 4.27. The summed E-state index contributed by atoms with van der Waals surface area (Å²) in [6.45, 7) is 3.30. The fourth-order valence-electron chi connectivity index (χ4n) is 0.393. The molecule has 0 unspecified atom stereocenters. The Labute approximate surface area is 60.4 Å². The molecule has 0 saturated heterocycles. The predicted molar refractivity (Wildman–Crippen MR) is 41.1 cm³/mol. The van der Waals surface area contributed by atoms with Crippen LogP contribution in [0.2, 0.25) is 0 Å². The Kier molecular flexibility index (Phi) is 5.83. The first-order valence-electron chi connectivity index (χ1n) is 2.85. The molecule has 0 aromatic heterocycles. The molecule has 0 bridgehead atoms. The average molecular weight is 146 g/mol. The molecule has 0 aliphatic heterocycles. The Hall–Kier alpha value is -0.180. The summed E-state index contributed by atoms with van der Waals surface area (Å²) >= 11 is 1.77. The number of hydrogen-bond acceptors (Lipinski definition) is 2. The van der Waals surface area contributed by atoms with Crippen LogP contribution in [0, 0.1) is 6.54 Å². The van der Waals surface area contributed by atoms with Crippen LogP contribution in [0.3, 0.4) is 0 Å². The van der Waals surface area contributed by atoms with Crippen molar-refractivity contribution >= 4 is 17.7 Å². The molecule has 0 aliphatic carbocycles. The lowest BCUT2D eigenvalue weighted by molar-refractivity contribution is -0.118. The van der Waals surface area contributed by atoms with E-state index in [1.165, 1.54) is 6.92 Å². The molecule has 0 heterocycles. The van der Waals surface area contributed by atoms with Crippen molar-refractivity contribution in [2.75, 3.05) is 12.0 Å². The van der Waals surface area contributed by atoms with Gasteiger partial charge >= 0.3 is 0 Å². The number of hydrogen-bond donors (Lipinski definition) is 1. The zero-order valence-electron chi connectivity index (χ0n) is 5.81. The smallest absolute Gasteiger partial charge is 0.217 e. The van der Waals surface area contributed by atoms with Crippen LogP contribution in [-0.4, -0.2) is 17.9 Å². The van der Waals surface area contributed by atoms with Crippen LogP contribution in [0.25, 0.3) is 0 Å². The van der Waals surface area contributed by atoms with Crippen molar-refractivity contribution < 1.29 is 4.79 Å². The zero-order valence-corrected chi connectivity index (χ0v) is 6.62. The maximum atomic E-state index is 10.3. The van der Waals surface area contributed by atoms with Gasteiger partial charge in [0, 0.05) is 13.5 Å². The highest BCUT2D eigenvalue weighted by atomic mass is 32.2. The van der Waals surface area contributed by atoms with Gasteiger partial charge in [-0.05, 0) is 18.4 Å². The molecule has 3 heteroatoms. The summed E-state index contributed by atoms with van der Waals surface area (Å²) < 4.78 is 0. The molecule has 0 rings (SSSR count). The van der Waals surface area contributed by atoms with Crippen molar-refractivity contribution in [1.29, 1.82) is 0 Å². The molecule has 53 valence electrons. The number of carbonyl (C=O) groups excluding carboxylic acids is 1. The fourth-order valence-corrected chi connectivity index (χ4v) is 0.746. The molecular formula is C6H12NOS. The van der Waals surface area contributed by atoms with Crippen molar-refractivity contribution in [2.24, 2.45) is 0 Å². The van der Waals surface area contributed by atoms with Crippen LogP contribution in [0.15, 0.2) is 0 Å². The molecule has 0 aromatic carbocycles. The van der Waals surface area contributed by atoms with Gasteiger partial charge in [0.25, 0.3) is 0 Å². The lowest BCUT2D eigenvalue weighted by Crippen LogP contribution is -2.16. The Morgan fingerprint density at radius 2 is 2.44 bits per heavy atom. The number of nitrogens with one attached hydrogen (secondary N) is 1. The maximum absolute atomic E-state index is 10.3. The topological polar surface area (TPSA) is 29.1 Å². The third-order valence-corrected chi connectivity index (χ3v) is 1.42. The summed E-state index contributed by atoms with van der Waals surface area (Å²) in [6.07, 6.45) is 2.99. The van der Waals surface area contributed by atoms with E-state index in [0.717, 1.165) is 12.2 Å². The van der Waals surface area contributed by atoms with Gasteiger partial charge in [0.05, 0.1) is 0 Å². The van der Waals surface area contributed by atoms with Gasteiger partial charge in [-0.15, -0.1) is 0 Å². The maximum Gasteiger partial charge on any atom is 0.217 e. The Balaban J connectivity index is 2.83. The number of amides is 1. The molecular weight excluding hydrogens is 134 g/mol. The molecule has 9 heavy (non-hydrogen) atoms. The van der Waals surface area contributed by atoms with E-state index in [1.807, 2.05) is 6.26 Å². The van der Waals surface area contributed by atoms with Crippen LogP contribution < -0.4 is 5.32 Å². The van der Waals surface area contributed by atoms with Crippen LogP contribution in [0.4, 0.5) is 0 Å². The molecule has 1 amide bonds. The Morgan fingerprint density at radius 1 is 1.78 bits per heavy atom. The third-order valence-electron chi connectivity index (χ3n) is 0.772. The van der Waals surface area contributed by atoms with Crippen molar-refractivity contribution in [3.8, 4) is 0 Å². The van der Waals surface area contributed by atoms with E-state index in [4.69, 9.17) is 0 Å². The lowest BCUT2D eigenvalue weighted by Gasteiger charge is -1.97. The summed E-state index contributed by atoms with van der Waals surface area (Å²) in [4.78, 5) is 10.3. The SMILES string of the molecule is CSCC[CH]NC(C)=O. The van der Waals surface area contributed by atoms with Gasteiger partial charge in [0.2, 0.25) is 5.91 Å². The van der Waals surface area contributed by atoms with Gasteiger partial charge in [0.15, 0.2) is 0 Å². The first kappa shape index (κ1) is 8.82. The minimum Gasteiger partial charge on any atom is -0.352 e. The Morgan fingerprint density at radius 3 is 2.89 bits per heavy atom. The zero-order chi connectivity index (χ0) is 7.11. The summed E-state index contributed by atoms with van der Waals surface area (Å²) in [5.74, 6) is 1.08. The highest BCUT2D eigenvalue weighted by Gasteiger charge is 1.88. The van der Waals surface area contributed by atoms with Crippen molar-refractivity contribution in [3.05, 3.63) is 6.54 Å². The van der Waals surface area contributed by atoms with E-state index in [-0.39, 0.29) is 5.91 Å². The molecule has 0 fully saturated rings. The molecule has 1 radical (unpaired) electrons. The van der Waals surface area contributed by atoms with Crippen LogP contribution in [-0.2, 0) is 4.79 Å². The number of thioether (sulfide) groups is 1. The van der Waals surface area contributed by atoms with Crippen LogP contribution >= 0.6 is 11.8 Å². The molecule has 0 aliphatic rings. The molecule has 0 spiro atoms. The van der Waals surface area contributed by atoms with Crippen molar-refractivity contribution in [3.63, 3.8) is 0 Å². The second kappa shape index (κ2) is 5.95. The quantitative estimate of drug-likeness (QED) is 0.600. The largest absolute Gasteiger partial charge is 0.352 e. The summed E-state index contributed by atoms with van der Waals surface area (Å²) in [5, 5.41) is 2.60. The minimum atomic E-state index is 0.0103.